The maximum Gasteiger partial charge on any atom is 0.230 e. The third-order valence-corrected chi connectivity index (χ3v) is 4.24. The zero-order chi connectivity index (χ0) is 16.3. The van der Waals surface area contributed by atoms with Crippen molar-refractivity contribution in [3.8, 4) is 0 Å². The van der Waals surface area contributed by atoms with Crippen LogP contribution in [0.1, 0.15) is 39.2 Å². The molecule has 1 heterocycles. The molecule has 0 N–H and O–H groups in total. The van der Waals surface area contributed by atoms with Crippen LogP contribution in [0.25, 0.3) is 0 Å². The average molecular weight is 312 g/mol. The van der Waals surface area contributed by atoms with Gasteiger partial charge in [0.1, 0.15) is 9.84 Å². The molecule has 118 valence electrons. The second-order valence-corrected chi connectivity index (χ2v) is 8.56. The molecule has 6 heteroatoms. The topological polar surface area (TPSA) is 67.3 Å². The Hall–Kier alpha value is -1.43. The number of pyridine rings is 1. The molecule has 1 rings (SSSR count). The highest BCUT2D eigenvalue weighted by atomic mass is 32.2. The van der Waals surface area contributed by atoms with Crippen molar-refractivity contribution >= 4 is 15.7 Å². The van der Waals surface area contributed by atoms with Gasteiger partial charge in [-0.15, -0.1) is 0 Å². The second kappa shape index (κ2) is 6.56. The Morgan fingerprint density at radius 2 is 2.00 bits per heavy atom. The van der Waals surface area contributed by atoms with Gasteiger partial charge in [-0.1, -0.05) is 6.07 Å². The van der Waals surface area contributed by atoms with Crippen LogP contribution in [-0.4, -0.2) is 48.3 Å². The highest BCUT2D eigenvalue weighted by Crippen LogP contribution is 2.22. The van der Waals surface area contributed by atoms with Gasteiger partial charge in [-0.3, -0.25) is 9.78 Å². The summed E-state index contributed by atoms with van der Waals surface area (Å²) in [4.78, 5) is 18.4. The van der Waals surface area contributed by atoms with Crippen LogP contribution in [0.15, 0.2) is 24.5 Å². The Bertz CT molecular complexity index is 577. The minimum atomic E-state index is -3.11. The Balaban J connectivity index is 2.96. The minimum Gasteiger partial charge on any atom is -0.336 e. The zero-order valence-electron chi connectivity index (χ0n) is 13.3. The number of rotatable bonds is 5. The standard InChI is InChI=1S/C15H24N2O3S/c1-12(13-7-6-8-16-11-13)14(18)17(15(2,3)4)9-10-21(5,19)20/h6-8,11-12H,9-10H2,1-5H3. The third kappa shape index (κ3) is 5.46. The fraction of sp³-hybridized carbons (Fsp3) is 0.600. The van der Waals surface area contributed by atoms with Gasteiger partial charge in [0.15, 0.2) is 0 Å². The quantitative estimate of drug-likeness (QED) is 0.832. The van der Waals surface area contributed by atoms with Gasteiger partial charge in [-0.25, -0.2) is 8.42 Å². The fourth-order valence-corrected chi connectivity index (χ4v) is 2.56. The van der Waals surface area contributed by atoms with Gasteiger partial charge < -0.3 is 4.90 Å². The largest absolute Gasteiger partial charge is 0.336 e. The van der Waals surface area contributed by atoms with Crippen LogP contribution in [-0.2, 0) is 14.6 Å². The summed E-state index contributed by atoms with van der Waals surface area (Å²) in [7, 11) is -3.11. The van der Waals surface area contributed by atoms with Crippen molar-refractivity contribution in [2.24, 2.45) is 0 Å². The summed E-state index contributed by atoms with van der Waals surface area (Å²) in [5.41, 5.74) is 0.397. The first-order valence-corrected chi connectivity index (χ1v) is 8.97. The number of amides is 1. The molecule has 0 saturated heterocycles. The van der Waals surface area contributed by atoms with E-state index in [0.717, 1.165) is 5.56 Å². The molecule has 1 unspecified atom stereocenters. The van der Waals surface area contributed by atoms with Crippen molar-refractivity contribution in [2.45, 2.75) is 39.2 Å². The average Bonchev–Trinajstić information content (AvgIpc) is 2.36. The zero-order valence-corrected chi connectivity index (χ0v) is 14.1. The lowest BCUT2D eigenvalue weighted by Crippen LogP contribution is -2.49. The van der Waals surface area contributed by atoms with E-state index in [4.69, 9.17) is 0 Å². The summed E-state index contributed by atoms with van der Waals surface area (Å²) in [5, 5.41) is 0. The molecule has 0 fully saturated rings. The molecule has 1 amide bonds. The molecule has 0 radical (unpaired) electrons. The third-order valence-electron chi connectivity index (χ3n) is 3.32. The van der Waals surface area contributed by atoms with Crippen molar-refractivity contribution in [1.82, 2.24) is 9.88 Å². The molecule has 0 bridgehead atoms. The SMILES string of the molecule is CC(C(=O)N(CCS(C)(=O)=O)C(C)(C)C)c1cccnc1. The van der Waals surface area contributed by atoms with Crippen molar-refractivity contribution in [2.75, 3.05) is 18.6 Å². The number of carbonyl (C=O) groups is 1. The number of aromatic nitrogens is 1. The van der Waals surface area contributed by atoms with Gasteiger partial charge in [0.05, 0.1) is 11.7 Å². The van der Waals surface area contributed by atoms with Crippen molar-refractivity contribution in [1.29, 1.82) is 0 Å². The first-order valence-electron chi connectivity index (χ1n) is 6.91. The second-order valence-electron chi connectivity index (χ2n) is 6.30. The summed E-state index contributed by atoms with van der Waals surface area (Å²) in [6.07, 6.45) is 4.51. The van der Waals surface area contributed by atoms with E-state index >= 15 is 0 Å². The van der Waals surface area contributed by atoms with E-state index in [-0.39, 0.29) is 24.1 Å². The van der Waals surface area contributed by atoms with Gasteiger partial charge in [-0.05, 0) is 39.3 Å². The summed E-state index contributed by atoms with van der Waals surface area (Å²) in [6.45, 7) is 7.74. The number of carbonyl (C=O) groups excluding carboxylic acids is 1. The molecule has 0 aliphatic heterocycles. The number of sulfone groups is 1. The van der Waals surface area contributed by atoms with Crippen LogP contribution in [0.4, 0.5) is 0 Å². The van der Waals surface area contributed by atoms with E-state index in [1.807, 2.05) is 33.8 Å². The van der Waals surface area contributed by atoms with Crippen LogP contribution >= 0.6 is 0 Å². The maximum atomic E-state index is 12.7. The molecule has 0 aliphatic rings. The minimum absolute atomic E-state index is 0.0320. The predicted octanol–water partition coefficient (Wildman–Crippen LogP) is 1.86. The molecule has 1 atom stereocenters. The Morgan fingerprint density at radius 3 is 2.43 bits per heavy atom. The highest BCUT2D eigenvalue weighted by Gasteiger charge is 2.30. The van der Waals surface area contributed by atoms with Gasteiger partial charge >= 0.3 is 0 Å². The van der Waals surface area contributed by atoms with E-state index in [1.165, 1.54) is 6.26 Å². The van der Waals surface area contributed by atoms with Crippen LogP contribution in [0.2, 0.25) is 0 Å². The van der Waals surface area contributed by atoms with Gasteiger partial charge in [0.25, 0.3) is 0 Å². The van der Waals surface area contributed by atoms with E-state index in [0.29, 0.717) is 0 Å². The molecule has 21 heavy (non-hydrogen) atoms. The molecule has 5 nitrogen and oxygen atoms in total. The first kappa shape index (κ1) is 17.6. The molecular formula is C15H24N2O3S. The van der Waals surface area contributed by atoms with Crippen LogP contribution in [0, 0.1) is 0 Å². The highest BCUT2D eigenvalue weighted by molar-refractivity contribution is 7.90. The Labute approximate surface area is 127 Å². The fourth-order valence-electron chi connectivity index (χ4n) is 2.04. The van der Waals surface area contributed by atoms with E-state index in [1.54, 1.807) is 23.4 Å². The summed E-state index contributed by atoms with van der Waals surface area (Å²) in [6, 6.07) is 3.64. The molecule has 0 aromatic carbocycles. The molecule has 0 spiro atoms. The smallest absolute Gasteiger partial charge is 0.230 e. The lowest BCUT2D eigenvalue weighted by Gasteiger charge is -2.37. The monoisotopic (exact) mass is 312 g/mol. The van der Waals surface area contributed by atoms with E-state index < -0.39 is 15.4 Å². The van der Waals surface area contributed by atoms with E-state index in [9.17, 15) is 13.2 Å². The van der Waals surface area contributed by atoms with Gasteiger partial charge in [0.2, 0.25) is 5.91 Å². The predicted molar refractivity (Wildman–Crippen MR) is 83.8 cm³/mol. The number of hydrogen-bond acceptors (Lipinski definition) is 4. The Kier molecular flexibility index (Phi) is 5.50. The Morgan fingerprint density at radius 1 is 1.38 bits per heavy atom. The van der Waals surface area contributed by atoms with Crippen molar-refractivity contribution in [3.63, 3.8) is 0 Å². The molecule has 1 aromatic rings. The van der Waals surface area contributed by atoms with Crippen LogP contribution in [0.5, 0.6) is 0 Å². The van der Waals surface area contributed by atoms with Gasteiger partial charge in [-0.2, -0.15) is 0 Å². The molecule has 0 saturated carbocycles. The lowest BCUT2D eigenvalue weighted by molar-refractivity contribution is -0.136. The first-order chi connectivity index (χ1) is 9.52. The molecule has 1 aromatic heterocycles. The number of hydrogen-bond donors (Lipinski definition) is 0. The normalized spacial score (nSPS) is 13.8. The van der Waals surface area contributed by atoms with Gasteiger partial charge in [0, 0.05) is 30.7 Å². The summed E-state index contributed by atoms with van der Waals surface area (Å²) < 4.78 is 22.8. The summed E-state index contributed by atoms with van der Waals surface area (Å²) in [5.74, 6) is -0.466. The molecule has 0 aliphatic carbocycles. The van der Waals surface area contributed by atoms with Crippen molar-refractivity contribution in [3.05, 3.63) is 30.1 Å². The van der Waals surface area contributed by atoms with Crippen LogP contribution < -0.4 is 0 Å². The van der Waals surface area contributed by atoms with Crippen LogP contribution in [0.3, 0.4) is 0 Å². The molecular weight excluding hydrogens is 288 g/mol. The lowest BCUT2D eigenvalue weighted by atomic mass is 9.98. The van der Waals surface area contributed by atoms with E-state index in [2.05, 4.69) is 4.98 Å². The maximum absolute atomic E-state index is 12.7. The van der Waals surface area contributed by atoms with Crippen molar-refractivity contribution < 1.29 is 13.2 Å². The number of nitrogens with zero attached hydrogens (tertiary/aromatic N) is 2. The summed E-state index contributed by atoms with van der Waals surface area (Å²) >= 11 is 0.